The Labute approximate surface area is 147 Å². The first-order valence-corrected chi connectivity index (χ1v) is 8.40. The maximum absolute atomic E-state index is 11.9. The summed E-state index contributed by atoms with van der Waals surface area (Å²) < 4.78 is 0. The van der Waals surface area contributed by atoms with Gasteiger partial charge in [-0.25, -0.2) is 4.98 Å². The number of carbonyl (C=O) groups excluding carboxylic acids is 1. The van der Waals surface area contributed by atoms with Crippen LogP contribution in [-0.2, 0) is 4.79 Å². The molecule has 0 saturated heterocycles. The van der Waals surface area contributed by atoms with Gasteiger partial charge in [0.15, 0.2) is 5.13 Å². The van der Waals surface area contributed by atoms with Gasteiger partial charge in [-0.2, -0.15) is 0 Å². The number of anilines is 1. The minimum absolute atomic E-state index is 0. The summed E-state index contributed by atoms with van der Waals surface area (Å²) in [5.41, 5.74) is 7.73. The van der Waals surface area contributed by atoms with Crippen molar-refractivity contribution in [3.05, 3.63) is 35.2 Å². The molecule has 1 aromatic carbocycles. The van der Waals surface area contributed by atoms with Crippen molar-refractivity contribution in [2.24, 2.45) is 5.73 Å². The summed E-state index contributed by atoms with van der Waals surface area (Å²) in [5, 5.41) is 3.56. The van der Waals surface area contributed by atoms with Gasteiger partial charge in [-0.3, -0.25) is 4.79 Å². The highest BCUT2D eigenvalue weighted by molar-refractivity contribution is 7.16. The second-order valence-electron chi connectivity index (χ2n) is 5.82. The van der Waals surface area contributed by atoms with Crippen molar-refractivity contribution >= 4 is 34.8 Å². The van der Waals surface area contributed by atoms with Crippen molar-refractivity contribution in [2.75, 3.05) is 5.32 Å². The Bertz CT molecular complexity index is 626. The van der Waals surface area contributed by atoms with Crippen molar-refractivity contribution in [1.82, 2.24) is 4.98 Å². The van der Waals surface area contributed by atoms with Crippen molar-refractivity contribution in [2.45, 2.75) is 45.6 Å². The normalized spacial score (nSPS) is 11.9. The van der Waals surface area contributed by atoms with E-state index in [4.69, 9.17) is 5.73 Å². The molecule has 1 atom stereocenters. The number of nitrogens with two attached hydrogens (primary N) is 1. The zero-order chi connectivity index (χ0) is 16.1. The summed E-state index contributed by atoms with van der Waals surface area (Å²) in [4.78, 5) is 17.8. The average Bonchev–Trinajstić information content (AvgIpc) is 2.90. The highest BCUT2D eigenvalue weighted by atomic mass is 35.5. The van der Waals surface area contributed by atoms with Crippen LogP contribution < -0.4 is 11.1 Å². The first kappa shape index (κ1) is 19.6. The summed E-state index contributed by atoms with van der Waals surface area (Å²) >= 11 is 1.55. The molecule has 0 aliphatic heterocycles. The molecule has 126 valence electrons. The van der Waals surface area contributed by atoms with Crippen molar-refractivity contribution in [3.63, 3.8) is 0 Å². The van der Waals surface area contributed by atoms with E-state index in [1.54, 1.807) is 11.3 Å². The van der Waals surface area contributed by atoms with E-state index >= 15 is 0 Å². The van der Waals surface area contributed by atoms with Crippen molar-refractivity contribution < 1.29 is 4.79 Å². The van der Waals surface area contributed by atoms with Gasteiger partial charge in [0.2, 0.25) is 5.91 Å². The van der Waals surface area contributed by atoms with E-state index < -0.39 is 0 Å². The van der Waals surface area contributed by atoms with E-state index in [1.807, 2.05) is 37.3 Å². The van der Waals surface area contributed by atoms with Crippen LogP contribution in [0.15, 0.2) is 30.3 Å². The predicted molar refractivity (Wildman–Crippen MR) is 100 cm³/mol. The molecule has 23 heavy (non-hydrogen) atoms. The number of rotatable bonds is 6. The van der Waals surface area contributed by atoms with E-state index in [0.29, 0.717) is 23.9 Å². The molecule has 2 aromatic rings. The van der Waals surface area contributed by atoms with Crippen molar-refractivity contribution in [1.29, 1.82) is 0 Å². The third-order valence-corrected chi connectivity index (χ3v) is 4.57. The standard InChI is InChI=1S/C17H23N3OS.ClH/c1-11(2)16-15(13-7-5-4-6-8-13)20-17(22-16)19-14(21)10-9-12(3)18;/h4-8,11-12H,9-10,18H2,1-3H3,(H,19,20,21);1H. The van der Waals surface area contributed by atoms with Gasteiger partial charge in [0.05, 0.1) is 5.69 Å². The fourth-order valence-corrected chi connectivity index (χ4v) is 3.13. The van der Waals surface area contributed by atoms with Gasteiger partial charge in [-0.05, 0) is 19.3 Å². The smallest absolute Gasteiger partial charge is 0.226 e. The van der Waals surface area contributed by atoms with E-state index in [2.05, 4.69) is 24.1 Å². The van der Waals surface area contributed by atoms with Gasteiger partial charge >= 0.3 is 0 Å². The summed E-state index contributed by atoms with van der Waals surface area (Å²) in [7, 11) is 0. The molecule has 0 spiro atoms. The van der Waals surface area contributed by atoms with Gasteiger partial charge < -0.3 is 11.1 Å². The first-order valence-electron chi connectivity index (χ1n) is 7.59. The lowest BCUT2D eigenvalue weighted by Gasteiger charge is -2.04. The molecule has 1 aromatic heterocycles. The van der Waals surface area contributed by atoms with Crippen LogP contribution in [0.4, 0.5) is 5.13 Å². The number of amides is 1. The Morgan fingerprint density at radius 3 is 2.48 bits per heavy atom. The maximum Gasteiger partial charge on any atom is 0.226 e. The Balaban J connectivity index is 0.00000264. The molecule has 2 rings (SSSR count). The van der Waals surface area contributed by atoms with Crippen LogP contribution in [0.1, 0.15) is 44.4 Å². The van der Waals surface area contributed by atoms with Crippen LogP contribution in [-0.4, -0.2) is 16.9 Å². The zero-order valence-corrected chi connectivity index (χ0v) is 15.3. The molecule has 1 amide bonds. The highest BCUT2D eigenvalue weighted by Crippen LogP contribution is 2.36. The Morgan fingerprint density at radius 1 is 1.26 bits per heavy atom. The largest absolute Gasteiger partial charge is 0.328 e. The third kappa shape index (κ3) is 5.61. The second-order valence-corrected chi connectivity index (χ2v) is 6.85. The van der Waals surface area contributed by atoms with Crippen LogP contribution in [0.3, 0.4) is 0 Å². The van der Waals surface area contributed by atoms with Crippen LogP contribution in [0.2, 0.25) is 0 Å². The molecule has 1 unspecified atom stereocenters. The SMILES string of the molecule is CC(N)CCC(=O)Nc1nc(-c2ccccc2)c(C(C)C)s1.Cl. The Morgan fingerprint density at radius 2 is 1.91 bits per heavy atom. The number of aromatic nitrogens is 1. The molecule has 0 radical (unpaired) electrons. The van der Waals surface area contributed by atoms with Crippen LogP contribution in [0.5, 0.6) is 0 Å². The van der Waals surface area contributed by atoms with E-state index in [-0.39, 0.29) is 24.4 Å². The lowest BCUT2D eigenvalue weighted by molar-refractivity contribution is -0.116. The molecular formula is C17H24ClN3OS. The van der Waals surface area contributed by atoms with Gasteiger partial charge in [0.1, 0.15) is 0 Å². The molecular weight excluding hydrogens is 330 g/mol. The minimum atomic E-state index is -0.0269. The van der Waals surface area contributed by atoms with Crippen LogP contribution in [0, 0.1) is 0 Å². The van der Waals surface area contributed by atoms with E-state index in [0.717, 1.165) is 11.3 Å². The molecule has 0 aliphatic carbocycles. The Kier molecular flexibility index (Phi) is 7.68. The fourth-order valence-electron chi connectivity index (χ4n) is 2.12. The molecule has 4 nitrogen and oxygen atoms in total. The number of hydrogen-bond acceptors (Lipinski definition) is 4. The monoisotopic (exact) mass is 353 g/mol. The lowest BCUT2D eigenvalue weighted by Crippen LogP contribution is -2.19. The lowest BCUT2D eigenvalue weighted by atomic mass is 10.1. The summed E-state index contributed by atoms with van der Waals surface area (Å²) in [6.45, 7) is 6.18. The van der Waals surface area contributed by atoms with Crippen LogP contribution in [0.25, 0.3) is 11.3 Å². The van der Waals surface area contributed by atoms with E-state index in [9.17, 15) is 4.79 Å². The van der Waals surface area contributed by atoms with Gasteiger partial charge in [-0.1, -0.05) is 44.2 Å². The number of benzene rings is 1. The molecule has 0 fully saturated rings. The fraction of sp³-hybridized carbons (Fsp3) is 0.412. The van der Waals surface area contributed by atoms with Gasteiger partial charge in [0, 0.05) is 22.9 Å². The maximum atomic E-state index is 11.9. The topological polar surface area (TPSA) is 68.0 Å². The van der Waals surface area contributed by atoms with Gasteiger partial charge in [-0.15, -0.1) is 23.7 Å². The number of nitrogens with one attached hydrogen (secondary N) is 1. The zero-order valence-electron chi connectivity index (χ0n) is 13.7. The number of carbonyl (C=O) groups is 1. The molecule has 1 heterocycles. The molecule has 0 bridgehead atoms. The highest BCUT2D eigenvalue weighted by Gasteiger charge is 2.17. The summed E-state index contributed by atoms with van der Waals surface area (Å²) in [5.74, 6) is 0.336. The van der Waals surface area contributed by atoms with Crippen LogP contribution >= 0.6 is 23.7 Å². The predicted octanol–water partition coefficient (Wildman–Crippen LogP) is 4.42. The first-order chi connectivity index (χ1) is 10.5. The molecule has 0 aliphatic rings. The van der Waals surface area contributed by atoms with Gasteiger partial charge in [0.25, 0.3) is 0 Å². The van der Waals surface area contributed by atoms with E-state index in [1.165, 1.54) is 4.88 Å². The number of nitrogens with zero attached hydrogens (tertiary/aromatic N) is 1. The molecule has 6 heteroatoms. The second kappa shape index (κ2) is 9.01. The quantitative estimate of drug-likeness (QED) is 0.807. The summed E-state index contributed by atoms with van der Waals surface area (Å²) in [6.07, 6.45) is 1.11. The third-order valence-electron chi connectivity index (χ3n) is 3.30. The number of hydrogen-bond donors (Lipinski definition) is 2. The van der Waals surface area contributed by atoms with Crippen molar-refractivity contribution in [3.8, 4) is 11.3 Å². The molecule has 0 saturated carbocycles. The minimum Gasteiger partial charge on any atom is -0.328 e. The Hall–Kier alpha value is -1.43. The average molecular weight is 354 g/mol. The molecule has 3 N–H and O–H groups in total. The number of halogens is 1. The summed E-state index contributed by atoms with van der Waals surface area (Å²) in [6, 6.07) is 10.1. The number of thiazole rings is 1.